The van der Waals surface area contributed by atoms with E-state index in [0.29, 0.717) is 0 Å². The minimum atomic E-state index is 0.0450. The Labute approximate surface area is 84.3 Å². The van der Waals surface area contributed by atoms with Crippen molar-refractivity contribution in [2.24, 2.45) is 4.99 Å². The number of benzene rings is 1. The van der Waals surface area contributed by atoms with Crippen LogP contribution in [0.1, 0.15) is 31.9 Å². The lowest BCUT2D eigenvalue weighted by molar-refractivity contribution is 0.282. The van der Waals surface area contributed by atoms with Gasteiger partial charge in [0.05, 0.1) is 12.3 Å². The van der Waals surface area contributed by atoms with Crippen molar-refractivity contribution in [1.29, 1.82) is 0 Å². The van der Waals surface area contributed by atoms with Crippen LogP contribution in [0.3, 0.4) is 0 Å². The Bertz CT molecular complexity index is 405. The van der Waals surface area contributed by atoms with E-state index in [9.17, 15) is 0 Å². The van der Waals surface area contributed by atoms with Crippen molar-refractivity contribution in [2.75, 3.05) is 0 Å². The number of rotatable bonds is 1. The maximum absolute atomic E-state index is 9.02. The van der Waals surface area contributed by atoms with Crippen LogP contribution in [0.2, 0.25) is 0 Å². The number of nitrogens with zero attached hydrogens (tertiary/aromatic N) is 1. The second-order valence-corrected chi connectivity index (χ2v) is 4.33. The topological polar surface area (TPSA) is 32.6 Å². The normalized spacial score (nSPS) is 17.9. The average molecular weight is 189 g/mol. The van der Waals surface area contributed by atoms with E-state index < -0.39 is 0 Å². The molecule has 1 N–H and O–H groups in total. The Morgan fingerprint density at radius 1 is 1.36 bits per heavy atom. The van der Waals surface area contributed by atoms with E-state index in [1.165, 1.54) is 5.56 Å². The molecular weight excluding hydrogens is 174 g/mol. The molecule has 1 aromatic rings. The zero-order valence-electron chi connectivity index (χ0n) is 8.83. The van der Waals surface area contributed by atoms with Crippen LogP contribution in [0.15, 0.2) is 23.2 Å². The second kappa shape index (κ2) is 2.92. The minimum absolute atomic E-state index is 0.0450. The third-order valence-corrected chi connectivity index (χ3v) is 3.11. The summed E-state index contributed by atoms with van der Waals surface area (Å²) in [4.78, 5) is 4.52. The highest BCUT2D eigenvalue weighted by Crippen LogP contribution is 2.40. The first-order valence-electron chi connectivity index (χ1n) is 4.86. The van der Waals surface area contributed by atoms with Gasteiger partial charge in [0.25, 0.3) is 0 Å². The summed E-state index contributed by atoms with van der Waals surface area (Å²) in [6.45, 7) is 6.49. The Hall–Kier alpha value is -1.15. The molecule has 1 aliphatic rings. The predicted molar refractivity (Wildman–Crippen MR) is 58.2 cm³/mol. The predicted octanol–water partition coefficient (Wildman–Crippen LogP) is 2.56. The van der Waals surface area contributed by atoms with Crippen LogP contribution in [0, 0.1) is 0 Å². The van der Waals surface area contributed by atoms with Crippen molar-refractivity contribution in [1.82, 2.24) is 0 Å². The molecule has 0 atom stereocenters. The Balaban J connectivity index is 2.56. The molecule has 0 aromatic heterocycles. The summed E-state index contributed by atoms with van der Waals surface area (Å²) >= 11 is 0. The molecule has 0 fully saturated rings. The van der Waals surface area contributed by atoms with Crippen LogP contribution >= 0.6 is 0 Å². The van der Waals surface area contributed by atoms with Crippen LogP contribution in [-0.2, 0) is 12.0 Å². The molecule has 74 valence electrons. The molecular formula is C12H15NO. The van der Waals surface area contributed by atoms with Crippen LogP contribution in [0.5, 0.6) is 0 Å². The van der Waals surface area contributed by atoms with Gasteiger partial charge in [0.1, 0.15) is 0 Å². The van der Waals surface area contributed by atoms with Crippen molar-refractivity contribution >= 4 is 11.4 Å². The fourth-order valence-electron chi connectivity index (χ4n) is 1.81. The first-order valence-corrected chi connectivity index (χ1v) is 4.86. The monoisotopic (exact) mass is 189 g/mol. The highest BCUT2D eigenvalue weighted by atomic mass is 16.3. The molecule has 0 unspecified atom stereocenters. The summed E-state index contributed by atoms with van der Waals surface area (Å²) in [5, 5.41) is 9.02. The van der Waals surface area contributed by atoms with Crippen LogP contribution < -0.4 is 0 Å². The van der Waals surface area contributed by atoms with E-state index >= 15 is 0 Å². The van der Waals surface area contributed by atoms with Gasteiger partial charge in [-0.25, -0.2) is 0 Å². The molecule has 0 aliphatic carbocycles. The van der Waals surface area contributed by atoms with Crippen LogP contribution in [0.25, 0.3) is 0 Å². The molecule has 0 saturated heterocycles. The van der Waals surface area contributed by atoms with Crippen molar-refractivity contribution in [3.8, 4) is 0 Å². The lowest BCUT2D eigenvalue weighted by atomic mass is 9.82. The summed E-state index contributed by atoms with van der Waals surface area (Å²) in [5.74, 6) is 0. The Morgan fingerprint density at radius 3 is 2.71 bits per heavy atom. The highest BCUT2D eigenvalue weighted by molar-refractivity contribution is 5.99. The first kappa shape index (κ1) is 9.41. The van der Waals surface area contributed by atoms with E-state index in [4.69, 9.17) is 5.11 Å². The summed E-state index contributed by atoms with van der Waals surface area (Å²) in [5.41, 5.74) is 4.38. The third kappa shape index (κ3) is 1.18. The fraction of sp³-hybridized carbons (Fsp3) is 0.417. The van der Waals surface area contributed by atoms with Gasteiger partial charge in [0, 0.05) is 11.1 Å². The SMILES string of the molecule is CC1=Nc2cc(CO)ccc2C1(C)C. The second-order valence-electron chi connectivity index (χ2n) is 4.33. The third-order valence-electron chi connectivity index (χ3n) is 3.11. The number of aliphatic hydroxyl groups is 1. The molecule has 0 radical (unpaired) electrons. The van der Waals surface area contributed by atoms with Crippen LogP contribution in [-0.4, -0.2) is 10.8 Å². The largest absolute Gasteiger partial charge is 0.392 e. The lowest BCUT2D eigenvalue weighted by Gasteiger charge is -2.19. The fourth-order valence-corrected chi connectivity index (χ4v) is 1.81. The van der Waals surface area contributed by atoms with E-state index in [-0.39, 0.29) is 12.0 Å². The molecule has 1 heterocycles. The van der Waals surface area contributed by atoms with Gasteiger partial charge in [-0.1, -0.05) is 26.0 Å². The summed E-state index contributed by atoms with van der Waals surface area (Å²) in [6, 6.07) is 6.00. The van der Waals surface area contributed by atoms with E-state index in [0.717, 1.165) is 17.0 Å². The molecule has 2 nitrogen and oxygen atoms in total. The summed E-state index contributed by atoms with van der Waals surface area (Å²) in [6.07, 6.45) is 0. The number of hydrogen-bond acceptors (Lipinski definition) is 2. The van der Waals surface area contributed by atoms with Gasteiger partial charge in [-0.05, 0) is 24.1 Å². The quantitative estimate of drug-likeness (QED) is 0.723. The van der Waals surface area contributed by atoms with Crippen molar-refractivity contribution in [2.45, 2.75) is 32.8 Å². The molecule has 0 amide bonds. The van der Waals surface area contributed by atoms with Crippen molar-refractivity contribution in [3.63, 3.8) is 0 Å². The molecule has 1 aromatic carbocycles. The highest BCUT2D eigenvalue weighted by Gasteiger charge is 2.31. The van der Waals surface area contributed by atoms with Crippen molar-refractivity contribution in [3.05, 3.63) is 29.3 Å². The standard InChI is InChI=1S/C12H15NO/c1-8-12(2,3)10-5-4-9(7-14)6-11(10)13-8/h4-6,14H,7H2,1-3H3. The Morgan fingerprint density at radius 2 is 2.07 bits per heavy atom. The Kier molecular flexibility index (Phi) is 1.96. The van der Waals surface area contributed by atoms with E-state index in [2.05, 4.69) is 31.8 Å². The van der Waals surface area contributed by atoms with Gasteiger partial charge in [-0.2, -0.15) is 0 Å². The molecule has 0 bridgehead atoms. The zero-order valence-corrected chi connectivity index (χ0v) is 8.83. The maximum Gasteiger partial charge on any atom is 0.0682 e. The van der Waals surface area contributed by atoms with Crippen molar-refractivity contribution < 1.29 is 5.11 Å². The number of aliphatic hydroxyl groups excluding tert-OH is 1. The first-order chi connectivity index (χ1) is 6.55. The summed E-state index contributed by atoms with van der Waals surface area (Å²) < 4.78 is 0. The maximum atomic E-state index is 9.02. The zero-order chi connectivity index (χ0) is 10.3. The summed E-state index contributed by atoms with van der Waals surface area (Å²) in [7, 11) is 0. The molecule has 0 spiro atoms. The van der Waals surface area contributed by atoms with E-state index in [1.54, 1.807) is 0 Å². The van der Waals surface area contributed by atoms with Gasteiger partial charge < -0.3 is 5.11 Å². The van der Waals surface area contributed by atoms with Gasteiger partial charge in [-0.15, -0.1) is 0 Å². The molecule has 14 heavy (non-hydrogen) atoms. The van der Waals surface area contributed by atoms with Gasteiger partial charge >= 0.3 is 0 Å². The molecule has 2 heteroatoms. The minimum Gasteiger partial charge on any atom is -0.392 e. The van der Waals surface area contributed by atoms with Crippen LogP contribution in [0.4, 0.5) is 5.69 Å². The van der Waals surface area contributed by atoms with Gasteiger partial charge in [0.15, 0.2) is 0 Å². The number of hydrogen-bond donors (Lipinski definition) is 1. The molecule has 0 saturated carbocycles. The van der Waals surface area contributed by atoms with Gasteiger partial charge in [0.2, 0.25) is 0 Å². The number of aliphatic imine (C=N–C) groups is 1. The van der Waals surface area contributed by atoms with E-state index in [1.807, 2.05) is 12.1 Å². The smallest absolute Gasteiger partial charge is 0.0682 e. The number of fused-ring (bicyclic) bond motifs is 1. The van der Waals surface area contributed by atoms with Gasteiger partial charge in [-0.3, -0.25) is 4.99 Å². The average Bonchev–Trinajstić information content (AvgIpc) is 2.38. The molecule has 2 rings (SSSR count). The molecule has 1 aliphatic heterocycles. The lowest BCUT2D eigenvalue weighted by Crippen LogP contribution is -2.22.